The maximum absolute atomic E-state index is 12.8. The van der Waals surface area contributed by atoms with Crippen LogP contribution in [0.3, 0.4) is 0 Å². The number of nitriles is 1. The molecule has 2 unspecified atom stereocenters. The Balaban J connectivity index is 1.59. The summed E-state index contributed by atoms with van der Waals surface area (Å²) in [5.41, 5.74) is 1.70. The van der Waals surface area contributed by atoms with Gasteiger partial charge in [-0.3, -0.25) is 0 Å². The molecule has 0 spiro atoms. The van der Waals surface area contributed by atoms with Crippen molar-refractivity contribution >= 4 is 53.6 Å². The zero-order valence-electron chi connectivity index (χ0n) is 16.6. The molecule has 2 aromatic carbocycles. The Labute approximate surface area is 198 Å². The summed E-state index contributed by atoms with van der Waals surface area (Å²) in [5, 5.41) is 14.9. The van der Waals surface area contributed by atoms with Gasteiger partial charge in [0.25, 0.3) is 0 Å². The third-order valence-corrected chi connectivity index (χ3v) is 7.83. The standard InChI is InChI=1S/C20H21Br2N5O3S/c1-13-3-2-4-15(7-13)25-20(28)24-10-17-9-16(11-27(17)12-23)26-31(29,30)19-8-14(21)5-6-18(19)22/h2-8,16-17,26H,9-11H2,1H3,(H2,24,25,28). The number of anilines is 1. The van der Waals surface area contributed by atoms with Gasteiger partial charge >= 0.3 is 6.03 Å². The molecule has 8 nitrogen and oxygen atoms in total. The Hall–Kier alpha value is -2.13. The van der Waals surface area contributed by atoms with Gasteiger partial charge in [0.05, 0.1) is 10.9 Å². The van der Waals surface area contributed by atoms with Gasteiger partial charge in [0.2, 0.25) is 10.0 Å². The second-order valence-electron chi connectivity index (χ2n) is 7.24. The van der Waals surface area contributed by atoms with E-state index in [2.05, 4.69) is 53.4 Å². The maximum atomic E-state index is 12.8. The van der Waals surface area contributed by atoms with Crippen LogP contribution in [0.25, 0.3) is 0 Å². The number of halogens is 2. The largest absolute Gasteiger partial charge is 0.336 e. The van der Waals surface area contributed by atoms with E-state index in [1.807, 2.05) is 25.1 Å². The molecule has 0 radical (unpaired) electrons. The Morgan fingerprint density at radius 1 is 1.26 bits per heavy atom. The van der Waals surface area contributed by atoms with Crippen molar-refractivity contribution < 1.29 is 13.2 Å². The molecule has 0 saturated carbocycles. The van der Waals surface area contributed by atoms with Crippen LogP contribution in [0.4, 0.5) is 10.5 Å². The molecule has 2 atom stereocenters. The van der Waals surface area contributed by atoms with E-state index in [1.54, 1.807) is 18.2 Å². The smallest absolute Gasteiger partial charge is 0.319 e. The Morgan fingerprint density at radius 2 is 2.03 bits per heavy atom. The first-order chi connectivity index (χ1) is 14.7. The van der Waals surface area contributed by atoms with Crippen LogP contribution in [-0.2, 0) is 10.0 Å². The van der Waals surface area contributed by atoms with Crippen LogP contribution in [0.15, 0.2) is 56.3 Å². The van der Waals surface area contributed by atoms with Gasteiger partial charge in [-0.2, -0.15) is 5.26 Å². The van der Waals surface area contributed by atoms with E-state index in [0.29, 0.717) is 21.1 Å². The van der Waals surface area contributed by atoms with Crippen molar-refractivity contribution in [2.75, 3.05) is 18.4 Å². The van der Waals surface area contributed by atoms with E-state index in [4.69, 9.17) is 0 Å². The number of carbonyl (C=O) groups excluding carboxylic acids is 1. The number of rotatable bonds is 6. The topological polar surface area (TPSA) is 114 Å². The lowest BCUT2D eigenvalue weighted by atomic mass is 10.2. The molecule has 2 aromatic rings. The highest BCUT2D eigenvalue weighted by molar-refractivity contribution is 9.11. The number of hydrogen-bond acceptors (Lipinski definition) is 5. The van der Waals surface area contributed by atoms with Crippen LogP contribution in [0, 0.1) is 18.4 Å². The molecule has 1 fully saturated rings. The molecular formula is C20H21Br2N5O3S. The molecule has 0 bridgehead atoms. The van der Waals surface area contributed by atoms with Crippen molar-refractivity contribution in [2.24, 2.45) is 0 Å². The summed E-state index contributed by atoms with van der Waals surface area (Å²) in [6, 6.07) is 11.2. The summed E-state index contributed by atoms with van der Waals surface area (Å²) in [5.74, 6) is 0. The molecule has 3 N–H and O–H groups in total. The average molecular weight is 571 g/mol. The number of nitrogens with zero attached hydrogens (tertiary/aromatic N) is 2. The van der Waals surface area contributed by atoms with E-state index in [-0.39, 0.29) is 30.1 Å². The Bertz CT molecular complexity index is 1120. The van der Waals surface area contributed by atoms with E-state index in [9.17, 15) is 18.5 Å². The summed E-state index contributed by atoms with van der Waals surface area (Å²) >= 11 is 6.55. The normalized spacial score (nSPS) is 18.5. The zero-order valence-corrected chi connectivity index (χ0v) is 20.6. The maximum Gasteiger partial charge on any atom is 0.319 e. The minimum atomic E-state index is -3.79. The minimum Gasteiger partial charge on any atom is -0.336 e. The van der Waals surface area contributed by atoms with Gasteiger partial charge in [-0.1, -0.05) is 28.1 Å². The highest BCUT2D eigenvalue weighted by Crippen LogP contribution is 2.27. The highest BCUT2D eigenvalue weighted by atomic mass is 79.9. The van der Waals surface area contributed by atoms with Crippen LogP contribution < -0.4 is 15.4 Å². The van der Waals surface area contributed by atoms with Crippen molar-refractivity contribution in [1.29, 1.82) is 5.26 Å². The number of nitrogens with one attached hydrogen (secondary N) is 3. The molecule has 164 valence electrons. The number of hydrogen-bond donors (Lipinski definition) is 3. The van der Waals surface area contributed by atoms with E-state index in [1.165, 1.54) is 11.0 Å². The predicted molar refractivity (Wildman–Crippen MR) is 125 cm³/mol. The summed E-state index contributed by atoms with van der Waals surface area (Å²) in [6.07, 6.45) is 2.47. The SMILES string of the molecule is Cc1cccc(NC(=O)NCC2CC(NS(=O)(=O)c3cc(Br)ccc3Br)CN2C#N)c1. The van der Waals surface area contributed by atoms with Crippen LogP contribution in [0.2, 0.25) is 0 Å². The van der Waals surface area contributed by atoms with Crippen LogP contribution in [-0.4, -0.2) is 44.5 Å². The van der Waals surface area contributed by atoms with Crippen LogP contribution in [0.1, 0.15) is 12.0 Å². The monoisotopic (exact) mass is 569 g/mol. The Morgan fingerprint density at radius 3 is 2.74 bits per heavy atom. The summed E-state index contributed by atoms with van der Waals surface area (Å²) in [7, 11) is -3.79. The molecule has 3 rings (SSSR count). The van der Waals surface area contributed by atoms with Gasteiger partial charge in [0.1, 0.15) is 0 Å². The molecular weight excluding hydrogens is 550 g/mol. The first kappa shape index (κ1) is 23.5. The number of carbonyl (C=O) groups is 1. The zero-order chi connectivity index (χ0) is 22.6. The fourth-order valence-corrected chi connectivity index (χ4v) is 6.13. The van der Waals surface area contributed by atoms with Crippen molar-refractivity contribution in [3.8, 4) is 6.19 Å². The third kappa shape index (κ3) is 6.20. The lowest BCUT2D eigenvalue weighted by Crippen LogP contribution is -2.39. The molecule has 1 saturated heterocycles. The van der Waals surface area contributed by atoms with Crippen LogP contribution in [0.5, 0.6) is 0 Å². The molecule has 0 aliphatic carbocycles. The lowest BCUT2D eigenvalue weighted by molar-refractivity contribution is 0.248. The van der Waals surface area contributed by atoms with Gasteiger partial charge in [-0.05, 0) is 65.2 Å². The minimum absolute atomic E-state index is 0.115. The van der Waals surface area contributed by atoms with Gasteiger partial charge in [-0.25, -0.2) is 17.9 Å². The second-order valence-corrected chi connectivity index (χ2v) is 10.7. The number of amides is 2. The molecule has 31 heavy (non-hydrogen) atoms. The molecule has 1 heterocycles. The van der Waals surface area contributed by atoms with Crippen molar-refractivity contribution in [1.82, 2.24) is 14.9 Å². The number of likely N-dealkylation sites (tertiary alicyclic amines) is 1. The van der Waals surface area contributed by atoms with Gasteiger partial charge in [0, 0.05) is 33.8 Å². The summed E-state index contributed by atoms with van der Waals surface area (Å²) in [4.78, 5) is 13.8. The summed E-state index contributed by atoms with van der Waals surface area (Å²) < 4.78 is 29.4. The molecule has 2 amide bonds. The van der Waals surface area contributed by atoms with Crippen molar-refractivity contribution in [2.45, 2.75) is 30.3 Å². The highest BCUT2D eigenvalue weighted by Gasteiger charge is 2.35. The summed E-state index contributed by atoms with van der Waals surface area (Å²) in [6.45, 7) is 2.37. The van der Waals surface area contributed by atoms with Crippen molar-refractivity contribution in [3.05, 3.63) is 57.0 Å². The predicted octanol–water partition coefficient (Wildman–Crippen LogP) is 3.54. The lowest BCUT2D eigenvalue weighted by Gasteiger charge is -2.18. The van der Waals surface area contributed by atoms with Crippen LogP contribution >= 0.6 is 31.9 Å². The molecule has 1 aliphatic rings. The number of aryl methyl sites for hydroxylation is 1. The number of urea groups is 1. The Kier molecular flexibility index (Phi) is 7.59. The van der Waals surface area contributed by atoms with E-state index in [0.717, 1.165) is 5.56 Å². The number of sulfonamides is 1. The van der Waals surface area contributed by atoms with E-state index < -0.39 is 16.1 Å². The van der Waals surface area contributed by atoms with Gasteiger partial charge < -0.3 is 15.5 Å². The molecule has 0 aromatic heterocycles. The fourth-order valence-electron chi connectivity index (χ4n) is 3.39. The first-order valence-corrected chi connectivity index (χ1v) is 12.5. The van der Waals surface area contributed by atoms with E-state index >= 15 is 0 Å². The molecule has 11 heteroatoms. The quantitative estimate of drug-likeness (QED) is 0.460. The van der Waals surface area contributed by atoms with Crippen molar-refractivity contribution in [3.63, 3.8) is 0 Å². The van der Waals surface area contributed by atoms with Gasteiger partial charge in [0.15, 0.2) is 6.19 Å². The second kappa shape index (κ2) is 9.99. The average Bonchev–Trinajstić information content (AvgIpc) is 3.09. The fraction of sp³-hybridized carbons (Fsp3) is 0.300. The number of benzene rings is 2. The first-order valence-electron chi connectivity index (χ1n) is 9.43. The van der Waals surface area contributed by atoms with Gasteiger partial charge in [-0.15, -0.1) is 0 Å². The third-order valence-electron chi connectivity index (χ3n) is 4.82. The molecule has 1 aliphatic heterocycles.